The number of amides is 2. The Bertz CT molecular complexity index is 476. The van der Waals surface area contributed by atoms with E-state index in [2.05, 4.69) is 5.32 Å². The summed E-state index contributed by atoms with van der Waals surface area (Å²) in [4.78, 5) is 25.1. The smallest absolute Gasteiger partial charge is 0.239 e. The summed E-state index contributed by atoms with van der Waals surface area (Å²) in [6.07, 6.45) is 0.430. The lowest BCUT2D eigenvalue weighted by Gasteiger charge is -2.17. The van der Waals surface area contributed by atoms with Crippen molar-refractivity contribution in [1.82, 2.24) is 5.32 Å². The van der Waals surface area contributed by atoms with Crippen LogP contribution in [-0.2, 0) is 9.59 Å². The molecule has 1 fully saturated rings. The van der Waals surface area contributed by atoms with Crippen LogP contribution >= 0.6 is 0 Å². The molecule has 0 spiro atoms. The van der Waals surface area contributed by atoms with Crippen molar-refractivity contribution in [2.75, 3.05) is 18.0 Å². The van der Waals surface area contributed by atoms with Crippen molar-refractivity contribution in [1.29, 1.82) is 0 Å². The molecule has 1 saturated heterocycles. The summed E-state index contributed by atoms with van der Waals surface area (Å²) in [6.45, 7) is 2.66. The van der Waals surface area contributed by atoms with Gasteiger partial charge in [0.15, 0.2) is 0 Å². The molecular formula is C13H15FN2O2. The van der Waals surface area contributed by atoms with E-state index in [0.29, 0.717) is 19.5 Å². The van der Waals surface area contributed by atoms with E-state index in [1.807, 2.05) is 0 Å². The van der Waals surface area contributed by atoms with E-state index < -0.39 is 11.7 Å². The van der Waals surface area contributed by atoms with E-state index >= 15 is 0 Å². The van der Waals surface area contributed by atoms with Crippen molar-refractivity contribution in [3.05, 3.63) is 30.1 Å². The number of nitrogens with zero attached hydrogens (tertiary/aromatic N) is 1. The summed E-state index contributed by atoms with van der Waals surface area (Å²) in [6, 6.07) is 6.10. The fourth-order valence-corrected chi connectivity index (χ4v) is 2.13. The zero-order chi connectivity index (χ0) is 13.1. The van der Waals surface area contributed by atoms with Crippen LogP contribution in [-0.4, -0.2) is 24.9 Å². The first-order valence-corrected chi connectivity index (χ1v) is 5.98. The van der Waals surface area contributed by atoms with Gasteiger partial charge >= 0.3 is 0 Å². The maximum absolute atomic E-state index is 13.6. The molecule has 2 rings (SSSR count). The molecule has 5 heteroatoms. The number of hydrogen-bond donors (Lipinski definition) is 1. The molecule has 18 heavy (non-hydrogen) atoms. The van der Waals surface area contributed by atoms with Crippen LogP contribution in [0, 0.1) is 11.7 Å². The number of hydrogen-bond acceptors (Lipinski definition) is 2. The molecule has 1 aromatic carbocycles. The average molecular weight is 250 g/mol. The Morgan fingerprint density at radius 1 is 1.50 bits per heavy atom. The second kappa shape index (κ2) is 5.16. The van der Waals surface area contributed by atoms with Crippen LogP contribution < -0.4 is 10.2 Å². The Hall–Kier alpha value is -1.91. The number of carbonyl (C=O) groups excluding carboxylic acids is 2. The molecule has 1 unspecified atom stereocenters. The Balaban J connectivity index is 2.17. The molecule has 96 valence electrons. The lowest BCUT2D eigenvalue weighted by atomic mass is 10.1. The normalized spacial score (nSPS) is 19.1. The first-order chi connectivity index (χ1) is 8.65. The van der Waals surface area contributed by atoms with Gasteiger partial charge in [0.05, 0.1) is 5.69 Å². The van der Waals surface area contributed by atoms with E-state index in [-0.39, 0.29) is 17.5 Å². The van der Waals surface area contributed by atoms with Gasteiger partial charge in [0.1, 0.15) is 11.7 Å². The maximum Gasteiger partial charge on any atom is 0.239 e. The van der Waals surface area contributed by atoms with Gasteiger partial charge in [-0.1, -0.05) is 12.1 Å². The van der Waals surface area contributed by atoms with Crippen LogP contribution in [0.25, 0.3) is 0 Å². The fraction of sp³-hybridized carbons (Fsp3) is 0.385. The van der Waals surface area contributed by atoms with E-state index in [1.54, 1.807) is 25.1 Å². The highest BCUT2D eigenvalue weighted by Crippen LogP contribution is 2.27. The van der Waals surface area contributed by atoms with Gasteiger partial charge in [0, 0.05) is 13.1 Å². The summed E-state index contributed by atoms with van der Waals surface area (Å²) in [7, 11) is 0. The quantitative estimate of drug-likeness (QED) is 0.822. The number of rotatable bonds is 3. The molecule has 0 saturated carbocycles. The minimum Gasteiger partial charge on any atom is -0.356 e. The molecule has 0 bridgehead atoms. The van der Waals surface area contributed by atoms with Crippen LogP contribution in [0.15, 0.2) is 24.3 Å². The second-order valence-electron chi connectivity index (χ2n) is 4.18. The van der Waals surface area contributed by atoms with Crippen LogP contribution in [0.1, 0.15) is 13.3 Å². The molecule has 1 aromatic rings. The van der Waals surface area contributed by atoms with E-state index in [0.717, 1.165) is 0 Å². The molecule has 1 aliphatic rings. The third kappa shape index (κ3) is 2.20. The molecule has 2 amide bonds. The van der Waals surface area contributed by atoms with Crippen molar-refractivity contribution in [3.63, 3.8) is 0 Å². The highest BCUT2D eigenvalue weighted by Gasteiger charge is 2.38. The average Bonchev–Trinajstić information content (AvgIpc) is 2.72. The standard InChI is InChI=1S/C13H15FN2O2/c1-2-15-12(17)9-7-8-16(13(9)18)11-6-4-3-5-10(11)14/h3-6,9H,2,7-8H2,1H3,(H,15,17). The summed E-state index contributed by atoms with van der Waals surface area (Å²) in [5.74, 6) is -1.74. The lowest BCUT2D eigenvalue weighted by Crippen LogP contribution is -2.36. The third-order valence-electron chi connectivity index (χ3n) is 3.02. The van der Waals surface area contributed by atoms with Crippen LogP contribution in [0.3, 0.4) is 0 Å². The predicted molar refractivity (Wildman–Crippen MR) is 65.5 cm³/mol. The third-order valence-corrected chi connectivity index (χ3v) is 3.02. The predicted octanol–water partition coefficient (Wildman–Crippen LogP) is 1.31. The summed E-state index contributed by atoms with van der Waals surface area (Å²) in [5, 5.41) is 2.62. The van der Waals surface area contributed by atoms with Gasteiger partial charge in [-0.15, -0.1) is 0 Å². The fourth-order valence-electron chi connectivity index (χ4n) is 2.13. The van der Waals surface area contributed by atoms with Gasteiger partial charge in [-0.2, -0.15) is 0 Å². The van der Waals surface area contributed by atoms with Crippen molar-refractivity contribution < 1.29 is 14.0 Å². The van der Waals surface area contributed by atoms with Crippen LogP contribution in [0.5, 0.6) is 0 Å². The Kier molecular flexibility index (Phi) is 3.60. The number of halogens is 1. The summed E-state index contributed by atoms with van der Waals surface area (Å²) >= 11 is 0. The van der Waals surface area contributed by atoms with E-state index in [9.17, 15) is 14.0 Å². The number of anilines is 1. The molecule has 1 N–H and O–H groups in total. The van der Waals surface area contributed by atoms with E-state index in [1.165, 1.54) is 11.0 Å². The highest BCUT2D eigenvalue weighted by atomic mass is 19.1. The number of benzene rings is 1. The molecule has 0 aromatic heterocycles. The molecule has 1 aliphatic heterocycles. The summed E-state index contributed by atoms with van der Waals surface area (Å²) in [5.41, 5.74) is 0.245. The van der Waals surface area contributed by atoms with Gasteiger partial charge in [0.2, 0.25) is 11.8 Å². The molecule has 1 atom stereocenters. The maximum atomic E-state index is 13.6. The Labute approximate surface area is 105 Å². The van der Waals surface area contributed by atoms with Crippen molar-refractivity contribution in [2.45, 2.75) is 13.3 Å². The number of carbonyl (C=O) groups is 2. The second-order valence-corrected chi connectivity index (χ2v) is 4.18. The van der Waals surface area contributed by atoms with Crippen LogP contribution in [0.2, 0.25) is 0 Å². The first-order valence-electron chi connectivity index (χ1n) is 5.98. The number of para-hydroxylation sites is 1. The van der Waals surface area contributed by atoms with Gasteiger partial charge < -0.3 is 10.2 Å². The molecule has 0 radical (unpaired) electrons. The largest absolute Gasteiger partial charge is 0.356 e. The topological polar surface area (TPSA) is 49.4 Å². The monoisotopic (exact) mass is 250 g/mol. The lowest BCUT2D eigenvalue weighted by molar-refractivity contribution is -0.132. The number of nitrogens with one attached hydrogen (secondary N) is 1. The minimum atomic E-state index is -0.690. The minimum absolute atomic E-state index is 0.245. The highest BCUT2D eigenvalue weighted by molar-refractivity contribution is 6.09. The van der Waals surface area contributed by atoms with E-state index in [4.69, 9.17) is 0 Å². The van der Waals surface area contributed by atoms with Gasteiger partial charge in [-0.25, -0.2) is 4.39 Å². The van der Waals surface area contributed by atoms with Gasteiger partial charge in [-0.05, 0) is 25.5 Å². The summed E-state index contributed by atoms with van der Waals surface area (Å²) < 4.78 is 13.6. The molecule has 1 heterocycles. The first kappa shape index (κ1) is 12.5. The molecular weight excluding hydrogens is 235 g/mol. The molecule has 4 nitrogen and oxygen atoms in total. The molecule has 0 aliphatic carbocycles. The van der Waals surface area contributed by atoms with Crippen molar-refractivity contribution >= 4 is 17.5 Å². The zero-order valence-corrected chi connectivity index (χ0v) is 10.1. The van der Waals surface area contributed by atoms with Crippen molar-refractivity contribution in [2.24, 2.45) is 5.92 Å². The van der Waals surface area contributed by atoms with Gasteiger partial charge in [-0.3, -0.25) is 9.59 Å². The van der Waals surface area contributed by atoms with Crippen LogP contribution in [0.4, 0.5) is 10.1 Å². The Morgan fingerprint density at radius 2 is 2.22 bits per heavy atom. The Morgan fingerprint density at radius 3 is 2.89 bits per heavy atom. The SMILES string of the molecule is CCNC(=O)C1CCN(c2ccccc2F)C1=O. The van der Waals surface area contributed by atoms with Crippen molar-refractivity contribution in [3.8, 4) is 0 Å². The van der Waals surface area contributed by atoms with Gasteiger partial charge in [0.25, 0.3) is 0 Å². The zero-order valence-electron chi connectivity index (χ0n) is 10.1.